The molecular weight excluding hydrogens is 703 g/mol. The largest absolute Gasteiger partial charge is 0.500 e. The van der Waals surface area contributed by atoms with Crippen LogP contribution < -0.4 is 0 Å². The molecule has 0 aliphatic carbocycles. The third kappa shape index (κ3) is 6.11. The molecule has 7 rings (SSSR count). The van der Waals surface area contributed by atoms with Gasteiger partial charge in [-0.3, -0.25) is 0 Å². The Morgan fingerprint density at radius 2 is 1.76 bits per heavy atom. The Morgan fingerprint density at radius 3 is 2.46 bits per heavy atom. The van der Waals surface area contributed by atoms with Gasteiger partial charge in [0.05, 0.1) is 5.58 Å². The number of hydrogen-bond acceptors (Lipinski definition) is 5. The summed E-state index contributed by atoms with van der Waals surface area (Å²) in [4.78, 5) is 13.5. The minimum Gasteiger partial charge on any atom is -0.500 e. The van der Waals surface area contributed by atoms with E-state index in [9.17, 15) is 0 Å². The van der Waals surface area contributed by atoms with Crippen LogP contribution in [0.4, 0.5) is 0 Å². The van der Waals surface area contributed by atoms with E-state index in [0.717, 1.165) is 21.0 Å². The van der Waals surface area contributed by atoms with E-state index in [1.54, 1.807) is 36.5 Å². The molecule has 2 aromatic carbocycles. The molecule has 0 atom stereocenters. The summed E-state index contributed by atoms with van der Waals surface area (Å²) in [5, 5.41) is 1.68. The summed E-state index contributed by atoms with van der Waals surface area (Å²) in [5.41, 5.74) is 3.95. The monoisotopic (exact) mass is 745 g/mol. The van der Waals surface area contributed by atoms with Crippen LogP contribution in [0.3, 0.4) is 0 Å². The van der Waals surface area contributed by atoms with Gasteiger partial charge in [-0.15, -0.1) is 53.1 Å². The number of rotatable bonds is 3. The van der Waals surface area contributed by atoms with E-state index in [4.69, 9.17) is 19.5 Å². The summed E-state index contributed by atoms with van der Waals surface area (Å²) in [7, 11) is 0. The van der Waals surface area contributed by atoms with Crippen molar-refractivity contribution in [2.24, 2.45) is 5.41 Å². The number of pyridine rings is 3. The number of hydrogen-bond donors (Lipinski definition) is 0. The van der Waals surface area contributed by atoms with Crippen molar-refractivity contribution in [3.05, 3.63) is 102 Å². The van der Waals surface area contributed by atoms with Gasteiger partial charge in [-0.1, -0.05) is 51.4 Å². The van der Waals surface area contributed by atoms with Gasteiger partial charge in [0.2, 0.25) is 0 Å². The second-order valence-corrected chi connectivity index (χ2v) is 11.3. The molecule has 0 saturated carbocycles. The summed E-state index contributed by atoms with van der Waals surface area (Å²) in [6, 6.07) is 20.4. The quantitative estimate of drug-likeness (QED) is 0.169. The minimum absolute atomic E-state index is 0. The van der Waals surface area contributed by atoms with E-state index >= 15 is 0 Å². The zero-order valence-corrected chi connectivity index (χ0v) is 25.6. The van der Waals surface area contributed by atoms with Crippen molar-refractivity contribution in [2.45, 2.75) is 47.7 Å². The first kappa shape index (κ1) is 18.2. The molecule has 209 valence electrons. The smallest absolute Gasteiger partial charge is 0.125 e. The summed E-state index contributed by atoms with van der Waals surface area (Å²) >= 11 is 1.38. The van der Waals surface area contributed by atoms with Crippen molar-refractivity contribution in [3.8, 4) is 22.5 Å². The number of aryl methyl sites for hydroxylation is 3. The zero-order valence-electron chi connectivity index (χ0n) is 33.3. The molecule has 0 saturated heterocycles. The van der Waals surface area contributed by atoms with Crippen molar-refractivity contribution >= 4 is 42.8 Å². The second kappa shape index (κ2) is 11.4. The zero-order chi connectivity index (χ0) is 37.3. The molecule has 0 aliphatic heterocycles. The van der Waals surface area contributed by atoms with Crippen molar-refractivity contribution in [3.63, 3.8) is 0 Å². The van der Waals surface area contributed by atoms with Crippen LogP contribution in [-0.4, -0.2) is 15.0 Å². The molecule has 41 heavy (non-hydrogen) atoms. The van der Waals surface area contributed by atoms with E-state index in [2.05, 4.69) is 27.1 Å². The van der Waals surface area contributed by atoms with Crippen LogP contribution in [0, 0.1) is 38.1 Å². The van der Waals surface area contributed by atoms with E-state index in [-0.39, 0.29) is 36.9 Å². The molecule has 0 N–H and O–H groups in total. The fourth-order valence-electron chi connectivity index (χ4n) is 4.44. The summed E-state index contributed by atoms with van der Waals surface area (Å²) in [6.07, 6.45) is 1.36. The van der Waals surface area contributed by atoms with Crippen LogP contribution in [0.1, 0.15) is 58.2 Å². The van der Waals surface area contributed by atoms with Crippen LogP contribution >= 0.6 is 11.3 Å². The van der Waals surface area contributed by atoms with Crippen molar-refractivity contribution in [2.75, 3.05) is 0 Å². The first-order valence-corrected chi connectivity index (χ1v) is 13.3. The second-order valence-electron chi connectivity index (χ2n) is 10.3. The average molecular weight is 745 g/mol. The molecule has 0 unspecified atom stereocenters. The van der Waals surface area contributed by atoms with Gasteiger partial charge in [-0.2, -0.15) is 11.3 Å². The van der Waals surface area contributed by atoms with E-state index in [1.165, 1.54) is 41.8 Å². The number of aromatic nitrogens is 3. The van der Waals surface area contributed by atoms with Crippen molar-refractivity contribution < 1.29 is 39.6 Å². The maximum Gasteiger partial charge on any atom is 0.125 e. The van der Waals surface area contributed by atoms with E-state index in [1.807, 2.05) is 20.8 Å². The molecular formula is C35H31IrN3OS-2. The Bertz CT molecular complexity index is 2280. The summed E-state index contributed by atoms with van der Waals surface area (Å²) in [5.74, 6) is 0. The van der Waals surface area contributed by atoms with Gasteiger partial charge in [0.1, 0.15) is 10.4 Å². The van der Waals surface area contributed by atoms with E-state index < -0.39 is 32.3 Å². The molecule has 6 heteroatoms. The predicted octanol–water partition coefficient (Wildman–Crippen LogP) is 9.56. The third-order valence-electron chi connectivity index (χ3n) is 6.05. The average Bonchev–Trinajstić information content (AvgIpc) is 3.63. The maximum absolute atomic E-state index is 8.60. The normalized spacial score (nSPS) is 16.8. The molecule has 0 aliphatic rings. The van der Waals surface area contributed by atoms with Crippen molar-refractivity contribution in [1.82, 2.24) is 15.0 Å². The first-order valence-electron chi connectivity index (χ1n) is 18.0. The first-order chi connectivity index (χ1) is 23.6. The summed E-state index contributed by atoms with van der Waals surface area (Å²) < 4.78 is 90.7. The minimum atomic E-state index is -2.33. The number of benzene rings is 2. The Hall–Kier alpha value is -3.44. The topological polar surface area (TPSA) is 51.8 Å². The van der Waals surface area contributed by atoms with Crippen LogP contribution in [0.5, 0.6) is 0 Å². The molecule has 4 nitrogen and oxygen atoms in total. The molecule has 0 bridgehead atoms. The fraction of sp³-hybridized carbons (Fsp3) is 0.229. The molecule has 5 heterocycles. The van der Waals surface area contributed by atoms with Crippen LogP contribution in [0.15, 0.2) is 71.4 Å². The number of nitrogens with zero attached hydrogens (tertiary/aromatic N) is 3. The molecule has 0 fully saturated rings. The Morgan fingerprint density at radius 1 is 0.902 bits per heavy atom. The molecule has 0 amide bonds. The Balaban J connectivity index is 0.000000217. The molecule has 7 aromatic rings. The van der Waals surface area contributed by atoms with Gasteiger partial charge < -0.3 is 14.4 Å². The third-order valence-corrected chi connectivity index (χ3v) is 7.16. The number of furan rings is 1. The van der Waals surface area contributed by atoms with Gasteiger partial charge >= 0.3 is 0 Å². The molecule has 1 radical (unpaired) electrons. The SMILES string of the molecule is [2H]C([2H])([2H])c1c[c-]c(-c2ccc(C([2H])([2H])[2H])cn2)cc1.[2H]C([2H])([2H])c1cc2oc3c[c-]c(-c4cc(C([2H])([2H])C(C)(C)C)ccn4)c4sc(n1)c2c34.[Ir]. The summed E-state index contributed by atoms with van der Waals surface area (Å²) in [6.45, 7) is -1.06. The predicted molar refractivity (Wildman–Crippen MR) is 166 cm³/mol. The van der Waals surface area contributed by atoms with E-state index in [0.29, 0.717) is 38.5 Å². The maximum atomic E-state index is 8.60. The Labute approximate surface area is 274 Å². The van der Waals surface area contributed by atoms with Gasteiger partial charge in [-0.05, 0) is 58.6 Å². The van der Waals surface area contributed by atoms with Crippen LogP contribution in [0.25, 0.3) is 54.0 Å². The Kier molecular flexibility index (Phi) is 5.07. The molecule has 5 aromatic heterocycles. The number of thiophene rings is 1. The van der Waals surface area contributed by atoms with Gasteiger partial charge in [0, 0.05) is 64.7 Å². The van der Waals surface area contributed by atoms with Gasteiger partial charge in [-0.25, -0.2) is 4.98 Å². The van der Waals surface area contributed by atoms with Crippen molar-refractivity contribution in [1.29, 1.82) is 0 Å². The standard InChI is InChI=1S/C22H19N2OS.C13H12N.Ir/c1-12-9-17-19-18-16(25-17)6-5-14(20(18)26-21(19)24-12)15-10-13(7-8-23-15)11-22(2,3)4;1-10-3-6-12(7-4-10)13-8-5-11(2)9-14-13;/h6-10H,11H2,1-4H3;3-6,8-9H,1-2H3;/q2*-1;/i1D3,11D2;1D3,2D3;. The van der Waals surface area contributed by atoms with Gasteiger partial charge in [0.25, 0.3) is 0 Å². The van der Waals surface area contributed by atoms with Gasteiger partial charge in [0.15, 0.2) is 0 Å². The fourth-order valence-corrected chi connectivity index (χ4v) is 5.65. The molecule has 0 spiro atoms. The van der Waals surface area contributed by atoms with Crippen LogP contribution in [-0.2, 0) is 26.5 Å². The van der Waals surface area contributed by atoms with Crippen LogP contribution in [0.2, 0.25) is 0 Å².